The number of hydrogen-bond acceptors (Lipinski definition) is 4. The van der Waals surface area contributed by atoms with Crippen LogP contribution in [0, 0.1) is 0 Å². The van der Waals surface area contributed by atoms with Crippen LogP contribution in [0.25, 0.3) is 0 Å². The zero-order valence-corrected chi connectivity index (χ0v) is 12.4. The Kier molecular flexibility index (Phi) is 10.3. The van der Waals surface area contributed by atoms with Crippen LogP contribution >= 0.6 is 15.9 Å². The summed E-state index contributed by atoms with van der Waals surface area (Å²) in [5.74, 6) is -0.625. The lowest BCUT2D eigenvalue weighted by molar-refractivity contribution is -0.136. The average Bonchev–Trinajstić information content (AvgIpc) is 2.40. The number of allylic oxidation sites excluding steroid dienone is 2. The fourth-order valence-electron chi connectivity index (χ4n) is 1.25. The van der Waals surface area contributed by atoms with Crippen LogP contribution in [0.2, 0.25) is 0 Å². The summed E-state index contributed by atoms with van der Waals surface area (Å²) < 4.78 is 9.11. The Hall–Kier alpha value is -1.10. The van der Waals surface area contributed by atoms with E-state index >= 15 is 0 Å². The Bertz CT molecular complexity index is 321. The summed E-state index contributed by atoms with van der Waals surface area (Å²) >= 11 is 3.24. The molecule has 4 nitrogen and oxygen atoms in total. The highest BCUT2D eigenvalue weighted by Gasteiger charge is 2.06. The van der Waals surface area contributed by atoms with Crippen LogP contribution in [0.3, 0.4) is 0 Å². The van der Waals surface area contributed by atoms with Crippen LogP contribution in [0.15, 0.2) is 23.8 Å². The molecule has 0 aliphatic carbocycles. The molecule has 0 unspecified atom stereocenters. The molecule has 0 saturated heterocycles. The number of rotatable bonds is 8. The van der Waals surface area contributed by atoms with Crippen molar-refractivity contribution in [3.05, 3.63) is 23.8 Å². The lowest BCUT2D eigenvalue weighted by Crippen LogP contribution is -2.05. The van der Waals surface area contributed by atoms with Gasteiger partial charge in [-0.3, -0.25) is 0 Å². The maximum Gasteiger partial charge on any atom is 0.334 e. The van der Waals surface area contributed by atoms with E-state index in [1.807, 2.05) is 6.08 Å². The van der Waals surface area contributed by atoms with Crippen molar-refractivity contribution in [1.29, 1.82) is 0 Å². The zero-order valence-electron chi connectivity index (χ0n) is 10.8. The van der Waals surface area contributed by atoms with Crippen LogP contribution in [0.1, 0.15) is 25.7 Å². The molecule has 0 radical (unpaired) electrons. The monoisotopic (exact) mass is 318 g/mol. The molecule has 102 valence electrons. The molecule has 0 amide bonds. The SMILES string of the molecule is COC(=O)/C=C/CCCC/C=C(\CBr)C(=O)OC. The largest absolute Gasteiger partial charge is 0.466 e. The first kappa shape index (κ1) is 16.9. The standard InChI is InChI=1S/C13H19BrO4/c1-17-12(15)9-7-5-3-4-6-8-11(10-14)13(16)18-2/h7-9H,3-6,10H2,1-2H3/b9-7+,11-8+. The number of ether oxygens (including phenoxy) is 2. The molecule has 5 heteroatoms. The van der Waals surface area contributed by atoms with Gasteiger partial charge in [-0.05, 0) is 25.7 Å². The molecule has 0 fully saturated rings. The van der Waals surface area contributed by atoms with Crippen molar-refractivity contribution in [3.8, 4) is 0 Å². The van der Waals surface area contributed by atoms with Crippen molar-refractivity contribution in [3.63, 3.8) is 0 Å². The molecule has 0 heterocycles. The number of carbonyl (C=O) groups excluding carboxylic acids is 2. The molecule has 0 aromatic heterocycles. The van der Waals surface area contributed by atoms with Gasteiger partial charge in [-0.25, -0.2) is 9.59 Å². The van der Waals surface area contributed by atoms with Crippen LogP contribution in [0.5, 0.6) is 0 Å². The molecule has 0 aromatic carbocycles. The summed E-state index contributed by atoms with van der Waals surface area (Å²) in [4.78, 5) is 22.0. The molecule has 18 heavy (non-hydrogen) atoms. The van der Waals surface area contributed by atoms with Gasteiger partial charge in [0.05, 0.1) is 14.2 Å². The van der Waals surface area contributed by atoms with Gasteiger partial charge < -0.3 is 9.47 Å². The van der Waals surface area contributed by atoms with E-state index in [0.29, 0.717) is 10.9 Å². The van der Waals surface area contributed by atoms with E-state index in [4.69, 9.17) is 0 Å². The van der Waals surface area contributed by atoms with E-state index in [0.717, 1.165) is 25.7 Å². The fourth-order valence-corrected chi connectivity index (χ4v) is 1.71. The molecular weight excluding hydrogens is 300 g/mol. The van der Waals surface area contributed by atoms with Gasteiger partial charge in [-0.2, -0.15) is 0 Å². The Morgan fingerprint density at radius 2 is 1.78 bits per heavy atom. The Morgan fingerprint density at radius 1 is 1.11 bits per heavy atom. The van der Waals surface area contributed by atoms with Crippen LogP contribution in [-0.4, -0.2) is 31.5 Å². The molecule has 0 rings (SSSR count). The van der Waals surface area contributed by atoms with Gasteiger partial charge in [0.25, 0.3) is 0 Å². The first-order chi connectivity index (χ1) is 8.65. The molecule has 0 aromatic rings. The third-order valence-corrected chi connectivity index (χ3v) is 2.87. The molecular formula is C13H19BrO4. The number of halogens is 1. The molecule has 0 saturated carbocycles. The summed E-state index contributed by atoms with van der Waals surface area (Å²) in [6.07, 6.45) is 8.66. The predicted octanol–water partition coefficient (Wildman–Crippen LogP) is 2.77. The second-order valence-corrected chi connectivity index (χ2v) is 4.13. The van der Waals surface area contributed by atoms with Crippen molar-refractivity contribution >= 4 is 27.9 Å². The van der Waals surface area contributed by atoms with Crippen molar-refractivity contribution < 1.29 is 19.1 Å². The van der Waals surface area contributed by atoms with Gasteiger partial charge in [-0.15, -0.1) is 0 Å². The van der Waals surface area contributed by atoms with Gasteiger partial charge in [0, 0.05) is 17.0 Å². The number of methoxy groups -OCH3 is 2. The predicted molar refractivity (Wildman–Crippen MR) is 73.5 cm³/mol. The molecule has 0 aliphatic rings. The van der Waals surface area contributed by atoms with Crippen LogP contribution in [0.4, 0.5) is 0 Å². The number of alkyl halides is 1. The Labute approximate surface area is 116 Å². The quantitative estimate of drug-likeness (QED) is 0.299. The summed E-state index contributed by atoms with van der Waals surface area (Å²) in [6, 6.07) is 0. The highest BCUT2D eigenvalue weighted by Crippen LogP contribution is 2.08. The van der Waals surface area contributed by atoms with E-state index < -0.39 is 0 Å². The van der Waals surface area contributed by atoms with Gasteiger partial charge >= 0.3 is 11.9 Å². The Morgan fingerprint density at radius 3 is 2.33 bits per heavy atom. The minimum absolute atomic E-state index is 0.294. The second-order valence-electron chi connectivity index (χ2n) is 3.56. The smallest absolute Gasteiger partial charge is 0.334 e. The maximum atomic E-state index is 11.2. The van der Waals surface area contributed by atoms with E-state index in [-0.39, 0.29) is 11.9 Å². The van der Waals surface area contributed by atoms with Crippen molar-refractivity contribution in [2.75, 3.05) is 19.5 Å². The highest BCUT2D eigenvalue weighted by atomic mass is 79.9. The topological polar surface area (TPSA) is 52.6 Å². The normalized spacial score (nSPS) is 11.6. The first-order valence-electron chi connectivity index (χ1n) is 5.73. The van der Waals surface area contributed by atoms with Crippen molar-refractivity contribution in [1.82, 2.24) is 0 Å². The summed E-state index contributed by atoms with van der Waals surface area (Å²) in [5.41, 5.74) is 0.641. The number of carbonyl (C=O) groups is 2. The third kappa shape index (κ3) is 8.06. The zero-order chi connectivity index (χ0) is 13.8. The molecule has 0 spiro atoms. The molecule has 0 atom stereocenters. The van der Waals surface area contributed by atoms with E-state index in [2.05, 4.69) is 25.4 Å². The fraction of sp³-hybridized carbons (Fsp3) is 0.538. The summed E-state index contributed by atoms with van der Waals surface area (Å²) in [6.45, 7) is 0. The average molecular weight is 319 g/mol. The van der Waals surface area contributed by atoms with Gasteiger partial charge in [-0.1, -0.05) is 28.1 Å². The second kappa shape index (κ2) is 11.0. The van der Waals surface area contributed by atoms with E-state index in [1.54, 1.807) is 6.08 Å². The lowest BCUT2D eigenvalue weighted by Gasteiger charge is -2.01. The molecule has 0 aliphatic heterocycles. The van der Waals surface area contributed by atoms with Gasteiger partial charge in [0.1, 0.15) is 0 Å². The summed E-state index contributed by atoms with van der Waals surface area (Å²) in [5, 5.41) is 0.502. The molecule has 0 N–H and O–H groups in total. The van der Waals surface area contributed by atoms with E-state index in [9.17, 15) is 9.59 Å². The summed E-state index contributed by atoms with van der Waals surface area (Å²) in [7, 11) is 2.72. The van der Waals surface area contributed by atoms with Gasteiger partial charge in [0.2, 0.25) is 0 Å². The minimum atomic E-state index is -0.331. The maximum absolute atomic E-state index is 11.2. The number of esters is 2. The first-order valence-corrected chi connectivity index (χ1v) is 6.85. The minimum Gasteiger partial charge on any atom is -0.466 e. The van der Waals surface area contributed by atoms with E-state index in [1.165, 1.54) is 20.3 Å². The highest BCUT2D eigenvalue weighted by molar-refractivity contribution is 9.09. The lowest BCUT2D eigenvalue weighted by atomic mass is 10.1. The third-order valence-electron chi connectivity index (χ3n) is 2.26. The van der Waals surface area contributed by atoms with Gasteiger partial charge in [0.15, 0.2) is 0 Å². The molecule has 0 bridgehead atoms. The van der Waals surface area contributed by atoms with Crippen LogP contribution in [-0.2, 0) is 19.1 Å². The van der Waals surface area contributed by atoms with Crippen molar-refractivity contribution in [2.45, 2.75) is 25.7 Å². The van der Waals surface area contributed by atoms with Crippen LogP contribution < -0.4 is 0 Å². The Balaban J connectivity index is 3.78. The number of unbranched alkanes of at least 4 members (excludes halogenated alkanes) is 3. The van der Waals surface area contributed by atoms with Crippen molar-refractivity contribution in [2.24, 2.45) is 0 Å². The number of hydrogen-bond donors (Lipinski definition) is 0.